The molecule has 0 unspecified atom stereocenters. The number of hydrogen-bond acceptors (Lipinski definition) is 4. The van der Waals surface area contributed by atoms with E-state index in [0.29, 0.717) is 25.5 Å². The number of hydrogen-bond donors (Lipinski definition) is 1. The highest BCUT2D eigenvalue weighted by atomic mass is 32.2. The van der Waals surface area contributed by atoms with Gasteiger partial charge in [-0.25, -0.2) is 17.7 Å². The van der Waals surface area contributed by atoms with Crippen LogP contribution in [0.25, 0.3) is 0 Å². The minimum Gasteiger partial charge on any atom is -0.369 e. The van der Waals surface area contributed by atoms with Crippen LogP contribution in [-0.2, 0) is 10.0 Å². The molecule has 1 rings (SSSR count). The number of nitrogens with one attached hydrogen (secondary N) is 1. The van der Waals surface area contributed by atoms with Crippen LogP contribution >= 0.6 is 0 Å². The molecular formula is C11H19N3O2S. The summed E-state index contributed by atoms with van der Waals surface area (Å²) in [6.07, 6.45) is 1.67. The van der Waals surface area contributed by atoms with Crippen LogP contribution in [0.15, 0.2) is 24.4 Å². The largest absolute Gasteiger partial charge is 0.369 e. The predicted octanol–water partition coefficient (Wildman–Crippen LogP) is 1.17. The van der Waals surface area contributed by atoms with Crippen LogP contribution in [0, 0.1) is 0 Å². The number of sulfonamides is 1. The zero-order valence-corrected chi connectivity index (χ0v) is 11.1. The van der Waals surface area contributed by atoms with Crippen molar-refractivity contribution in [2.75, 3.05) is 30.7 Å². The van der Waals surface area contributed by atoms with Crippen LogP contribution in [0.5, 0.6) is 0 Å². The maximum absolute atomic E-state index is 11.8. The fraction of sp³-hybridized carbons (Fsp3) is 0.545. The average molecular weight is 257 g/mol. The van der Waals surface area contributed by atoms with Gasteiger partial charge in [0, 0.05) is 25.8 Å². The Morgan fingerprint density at radius 3 is 2.53 bits per heavy atom. The molecule has 0 saturated carbocycles. The lowest BCUT2D eigenvalue weighted by atomic mass is 10.4. The molecule has 0 amide bonds. The van der Waals surface area contributed by atoms with E-state index in [-0.39, 0.29) is 5.75 Å². The summed E-state index contributed by atoms with van der Waals surface area (Å²) in [5, 5.41) is 2.99. The highest BCUT2D eigenvalue weighted by molar-refractivity contribution is 7.89. The molecule has 1 N–H and O–H groups in total. The molecule has 6 heteroatoms. The third-order valence-corrected chi connectivity index (χ3v) is 4.45. The predicted molar refractivity (Wildman–Crippen MR) is 69.4 cm³/mol. The van der Waals surface area contributed by atoms with Gasteiger partial charge in [-0.15, -0.1) is 0 Å². The van der Waals surface area contributed by atoms with E-state index >= 15 is 0 Å². The first-order valence-electron chi connectivity index (χ1n) is 5.73. The number of rotatable bonds is 7. The van der Waals surface area contributed by atoms with E-state index in [2.05, 4.69) is 10.3 Å². The van der Waals surface area contributed by atoms with Gasteiger partial charge in [0.15, 0.2) is 0 Å². The van der Waals surface area contributed by atoms with Crippen molar-refractivity contribution >= 4 is 15.8 Å². The van der Waals surface area contributed by atoms with Crippen LogP contribution < -0.4 is 5.32 Å². The van der Waals surface area contributed by atoms with Crippen molar-refractivity contribution in [2.45, 2.75) is 13.8 Å². The van der Waals surface area contributed by atoms with E-state index in [4.69, 9.17) is 0 Å². The summed E-state index contributed by atoms with van der Waals surface area (Å²) in [5.41, 5.74) is 0. The van der Waals surface area contributed by atoms with Crippen LogP contribution in [0.2, 0.25) is 0 Å². The molecule has 0 saturated heterocycles. The normalized spacial score (nSPS) is 11.7. The zero-order chi connectivity index (χ0) is 12.7. The lowest BCUT2D eigenvalue weighted by Crippen LogP contribution is -2.34. The Labute approximate surface area is 103 Å². The fourth-order valence-electron chi connectivity index (χ4n) is 1.52. The summed E-state index contributed by atoms with van der Waals surface area (Å²) in [5.74, 6) is 0.785. The summed E-state index contributed by atoms with van der Waals surface area (Å²) in [4.78, 5) is 4.06. The van der Waals surface area contributed by atoms with Gasteiger partial charge in [0.25, 0.3) is 0 Å². The number of pyridine rings is 1. The number of aromatic nitrogens is 1. The van der Waals surface area contributed by atoms with E-state index < -0.39 is 10.0 Å². The Morgan fingerprint density at radius 2 is 2.00 bits per heavy atom. The summed E-state index contributed by atoms with van der Waals surface area (Å²) in [6, 6.07) is 5.48. The molecule has 0 aliphatic rings. The molecule has 17 heavy (non-hydrogen) atoms. The SMILES string of the molecule is CCN(CC)S(=O)(=O)CCNc1ccccn1. The topological polar surface area (TPSA) is 62.3 Å². The minimum atomic E-state index is -3.15. The van der Waals surface area contributed by atoms with Crippen LogP contribution in [-0.4, -0.2) is 43.1 Å². The second kappa shape index (κ2) is 6.56. The Kier molecular flexibility index (Phi) is 5.37. The minimum absolute atomic E-state index is 0.0885. The first kappa shape index (κ1) is 13.9. The molecule has 0 aliphatic heterocycles. The molecule has 1 aromatic rings. The highest BCUT2D eigenvalue weighted by Gasteiger charge is 2.17. The third-order valence-electron chi connectivity index (χ3n) is 2.43. The molecule has 96 valence electrons. The molecule has 5 nitrogen and oxygen atoms in total. The first-order valence-corrected chi connectivity index (χ1v) is 7.33. The molecule has 0 bridgehead atoms. The van der Waals surface area contributed by atoms with Gasteiger partial charge in [-0.2, -0.15) is 0 Å². The summed E-state index contributed by atoms with van der Waals surface area (Å²) >= 11 is 0. The van der Waals surface area contributed by atoms with E-state index in [1.807, 2.05) is 32.0 Å². The van der Waals surface area contributed by atoms with Crippen molar-refractivity contribution in [3.63, 3.8) is 0 Å². The highest BCUT2D eigenvalue weighted by Crippen LogP contribution is 2.03. The summed E-state index contributed by atoms with van der Waals surface area (Å²) in [7, 11) is -3.15. The van der Waals surface area contributed by atoms with Gasteiger partial charge in [-0.1, -0.05) is 19.9 Å². The number of anilines is 1. The first-order chi connectivity index (χ1) is 8.10. The van der Waals surface area contributed by atoms with Crippen molar-refractivity contribution in [3.05, 3.63) is 24.4 Å². The average Bonchev–Trinajstić information content (AvgIpc) is 2.31. The Balaban J connectivity index is 2.46. The molecular weight excluding hydrogens is 238 g/mol. The quantitative estimate of drug-likeness (QED) is 0.796. The lowest BCUT2D eigenvalue weighted by Gasteiger charge is -2.18. The van der Waals surface area contributed by atoms with Gasteiger partial charge in [-0.05, 0) is 12.1 Å². The van der Waals surface area contributed by atoms with Crippen molar-refractivity contribution in [1.82, 2.24) is 9.29 Å². The second-order valence-electron chi connectivity index (χ2n) is 3.54. The lowest BCUT2D eigenvalue weighted by molar-refractivity contribution is 0.446. The van der Waals surface area contributed by atoms with Crippen molar-refractivity contribution in [1.29, 1.82) is 0 Å². The number of nitrogens with zero attached hydrogens (tertiary/aromatic N) is 2. The van der Waals surface area contributed by atoms with Crippen molar-refractivity contribution in [2.24, 2.45) is 0 Å². The van der Waals surface area contributed by atoms with E-state index in [1.165, 1.54) is 4.31 Å². The maximum atomic E-state index is 11.8. The summed E-state index contributed by atoms with van der Waals surface area (Å²) in [6.45, 7) is 5.08. The molecule has 0 radical (unpaired) electrons. The summed E-state index contributed by atoms with van der Waals surface area (Å²) < 4.78 is 25.2. The molecule has 0 aliphatic carbocycles. The molecule has 0 aromatic carbocycles. The zero-order valence-electron chi connectivity index (χ0n) is 10.3. The van der Waals surface area contributed by atoms with Crippen LogP contribution in [0.4, 0.5) is 5.82 Å². The monoisotopic (exact) mass is 257 g/mol. The second-order valence-corrected chi connectivity index (χ2v) is 5.63. The third kappa shape index (κ3) is 4.32. The van der Waals surface area contributed by atoms with Crippen LogP contribution in [0.3, 0.4) is 0 Å². The molecule has 0 atom stereocenters. The van der Waals surface area contributed by atoms with E-state index in [9.17, 15) is 8.42 Å². The molecule has 0 fully saturated rings. The fourth-order valence-corrected chi connectivity index (χ4v) is 2.93. The van der Waals surface area contributed by atoms with Crippen molar-refractivity contribution in [3.8, 4) is 0 Å². The molecule has 1 aromatic heterocycles. The Hall–Kier alpha value is -1.14. The van der Waals surface area contributed by atoms with E-state index in [0.717, 1.165) is 0 Å². The van der Waals surface area contributed by atoms with E-state index in [1.54, 1.807) is 6.20 Å². The smallest absolute Gasteiger partial charge is 0.215 e. The van der Waals surface area contributed by atoms with Gasteiger partial charge in [0.1, 0.15) is 5.82 Å². The molecule has 1 heterocycles. The molecule has 0 spiro atoms. The Bertz CT molecular complexity index is 416. The van der Waals surface area contributed by atoms with Gasteiger partial charge in [-0.3, -0.25) is 0 Å². The Morgan fingerprint density at radius 1 is 1.29 bits per heavy atom. The van der Waals surface area contributed by atoms with Crippen molar-refractivity contribution < 1.29 is 8.42 Å². The van der Waals surface area contributed by atoms with Gasteiger partial charge < -0.3 is 5.32 Å². The van der Waals surface area contributed by atoms with Gasteiger partial charge in [0.05, 0.1) is 5.75 Å². The standard InChI is InChI=1S/C11H19N3O2S/c1-3-14(4-2)17(15,16)10-9-13-11-7-5-6-8-12-11/h5-8H,3-4,9-10H2,1-2H3,(H,12,13). The van der Waals surface area contributed by atoms with Crippen LogP contribution in [0.1, 0.15) is 13.8 Å². The van der Waals surface area contributed by atoms with Gasteiger partial charge >= 0.3 is 0 Å². The van der Waals surface area contributed by atoms with Gasteiger partial charge in [0.2, 0.25) is 10.0 Å². The maximum Gasteiger partial charge on any atom is 0.215 e.